The highest BCUT2D eigenvalue weighted by Crippen LogP contribution is 2.60. The molecule has 0 atom stereocenters. The maximum atomic E-state index is 7.11. The lowest BCUT2D eigenvalue weighted by molar-refractivity contribution is -0.0633. The van der Waals surface area contributed by atoms with Crippen molar-refractivity contribution in [2.75, 3.05) is 0 Å². The summed E-state index contributed by atoms with van der Waals surface area (Å²) in [5.41, 5.74) is 10.2. The Balaban J connectivity index is 1.62. The predicted molar refractivity (Wildman–Crippen MR) is 91.5 cm³/mol. The van der Waals surface area contributed by atoms with Crippen LogP contribution in [0.3, 0.4) is 0 Å². The third-order valence-corrected chi connectivity index (χ3v) is 6.93. The number of rotatable bonds is 2. The number of hydrogen-bond acceptors (Lipinski definition) is 4. The van der Waals surface area contributed by atoms with Crippen LogP contribution in [0.2, 0.25) is 0 Å². The van der Waals surface area contributed by atoms with E-state index in [1.54, 1.807) is 0 Å². The predicted octanol–water partition coefficient (Wildman–Crippen LogP) is 2.89. The van der Waals surface area contributed by atoms with Crippen LogP contribution in [0.25, 0.3) is 5.69 Å². The fourth-order valence-corrected chi connectivity index (χ4v) is 5.99. The molecule has 1 aromatic carbocycles. The van der Waals surface area contributed by atoms with Crippen LogP contribution in [-0.4, -0.2) is 20.2 Å². The second kappa shape index (κ2) is 4.88. The number of hydrogen-bond donors (Lipinski definition) is 1. The molecule has 0 radical (unpaired) electrons. The van der Waals surface area contributed by atoms with E-state index in [1.165, 1.54) is 43.2 Å². The van der Waals surface area contributed by atoms with Crippen molar-refractivity contribution in [3.8, 4) is 5.69 Å². The van der Waals surface area contributed by atoms with Gasteiger partial charge in [-0.05, 0) is 91.7 Å². The van der Waals surface area contributed by atoms with Gasteiger partial charge in [0.1, 0.15) is 0 Å². The van der Waals surface area contributed by atoms with E-state index >= 15 is 0 Å². The number of aromatic nitrogens is 4. The van der Waals surface area contributed by atoms with E-state index in [1.807, 2.05) is 4.68 Å². The summed E-state index contributed by atoms with van der Waals surface area (Å²) in [4.78, 5) is 0. The summed E-state index contributed by atoms with van der Waals surface area (Å²) < 4.78 is 1.91. The maximum absolute atomic E-state index is 7.11. The summed E-state index contributed by atoms with van der Waals surface area (Å²) in [5, 5.41) is 12.8. The van der Waals surface area contributed by atoms with Crippen molar-refractivity contribution < 1.29 is 0 Å². The lowest BCUT2D eigenvalue weighted by atomic mass is 9.48. The quantitative estimate of drug-likeness (QED) is 0.922. The van der Waals surface area contributed by atoms with E-state index in [9.17, 15) is 0 Å². The molecule has 2 aromatic rings. The molecular weight excluding hydrogens is 298 g/mol. The van der Waals surface area contributed by atoms with Gasteiger partial charge in [-0.2, -0.15) is 4.68 Å². The zero-order chi connectivity index (χ0) is 16.5. The molecule has 4 saturated carbocycles. The van der Waals surface area contributed by atoms with Crippen LogP contribution in [0.5, 0.6) is 0 Å². The zero-order valence-corrected chi connectivity index (χ0v) is 14.4. The molecule has 0 spiro atoms. The Labute approximate surface area is 142 Å². The first kappa shape index (κ1) is 14.6. The number of tetrazole rings is 1. The van der Waals surface area contributed by atoms with Crippen LogP contribution in [0.1, 0.15) is 49.1 Å². The summed E-state index contributed by atoms with van der Waals surface area (Å²) in [6.45, 7) is 4.23. The molecule has 126 valence electrons. The molecular formula is C19H25N5. The monoisotopic (exact) mass is 323 g/mol. The van der Waals surface area contributed by atoms with Gasteiger partial charge in [-0.1, -0.05) is 17.7 Å². The van der Waals surface area contributed by atoms with E-state index in [-0.39, 0.29) is 5.54 Å². The molecule has 2 N–H and O–H groups in total. The zero-order valence-electron chi connectivity index (χ0n) is 14.4. The van der Waals surface area contributed by atoms with Crippen molar-refractivity contribution in [1.29, 1.82) is 0 Å². The average molecular weight is 323 g/mol. The fourth-order valence-electron chi connectivity index (χ4n) is 5.99. The first-order valence-corrected chi connectivity index (χ1v) is 9.21. The lowest BCUT2D eigenvalue weighted by Gasteiger charge is -2.58. The molecule has 4 aliphatic rings. The van der Waals surface area contributed by atoms with Crippen LogP contribution in [0.4, 0.5) is 0 Å². The van der Waals surface area contributed by atoms with Gasteiger partial charge in [0.05, 0.1) is 11.2 Å². The molecule has 0 saturated heterocycles. The van der Waals surface area contributed by atoms with E-state index in [2.05, 4.69) is 47.6 Å². The van der Waals surface area contributed by atoms with Crippen molar-refractivity contribution in [3.05, 3.63) is 35.2 Å². The second-order valence-corrected chi connectivity index (χ2v) is 8.44. The summed E-state index contributed by atoms with van der Waals surface area (Å²) in [5.74, 6) is 3.71. The molecule has 4 fully saturated rings. The Kier molecular flexibility index (Phi) is 2.97. The Bertz CT molecular complexity index is 765. The molecule has 0 aliphatic heterocycles. The Morgan fingerprint density at radius 2 is 1.71 bits per heavy atom. The molecule has 1 aromatic heterocycles. The topological polar surface area (TPSA) is 69.6 Å². The van der Waals surface area contributed by atoms with Crippen molar-refractivity contribution in [3.63, 3.8) is 0 Å². The van der Waals surface area contributed by atoms with Crippen molar-refractivity contribution in [1.82, 2.24) is 20.2 Å². The van der Waals surface area contributed by atoms with Gasteiger partial charge in [-0.15, -0.1) is 5.10 Å². The van der Waals surface area contributed by atoms with Crippen LogP contribution in [0.15, 0.2) is 18.2 Å². The van der Waals surface area contributed by atoms with Crippen LogP contribution >= 0.6 is 0 Å². The Morgan fingerprint density at radius 1 is 1.04 bits per heavy atom. The first-order chi connectivity index (χ1) is 11.6. The highest BCUT2D eigenvalue weighted by atomic mass is 15.6. The molecule has 0 unspecified atom stereocenters. The van der Waals surface area contributed by atoms with Gasteiger partial charge >= 0.3 is 0 Å². The summed E-state index contributed by atoms with van der Waals surface area (Å²) in [6, 6.07) is 6.42. The standard InChI is InChI=1S/C19H25N5/c1-11-3-4-17(12(2)5-11)24-18(21-22-23-24)19(20)15-7-13-6-14(9-15)10-16(19)8-13/h3-5,13-16H,6-10,20H2,1-2H3. The molecule has 5 nitrogen and oxygen atoms in total. The minimum atomic E-state index is -0.367. The summed E-state index contributed by atoms with van der Waals surface area (Å²) in [6.07, 6.45) is 6.43. The van der Waals surface area contributed by atoms with Gasteiger partial charge in [0.2, 0.25) is 0 Å². The van der Waals surface area contributed by atoms with E-state index < -0.39 is 0 Å². The van der Waals surface area contributed by atoms with Crippen molar-refractivity contribution >= 4 is 0 Å². The van der Waals surface area contributed by atoms with Crippen molar-refractivity contribution in [2.24, 2.45) is 29.4 Å². The van der Waals surface area contributed by atoms with Gasteiger partial charge in [0, 0.05) is 0 Å². The highest BCUT2D eigenvalue weighted by molar-refractivity contribution is 5.43. The highest BCUT2D eigenvalue weighted by Gasteiger charge is 2.58. The first-order valence-electron chi connectivity index (χ1n) is 9.21. The minimum absolute atomic E-state index is 0.367. The van der Waals surface area contributed by atoms with E-state index in [0.717, 1.165) is 23.3 Å². The number of aryl methyl sites for hydroxylation is 2. The molecule has 4 aliphatic carbocycles. The average Bonchev–Trinajstić information content (AvgIpc) is 3.01. The van der Waals surface area contributed by atoms with Gasteiger partial charge in [0.25, 0.3) is 0 Å². The normalized spacial score (nSPS) is 37.1. The summed E-state index contributed by atoms with van der Waals surface area (Å²) in [7, 11) is 0. The van der Waals surface area contributed by atoms with Gasteiger partial charge < -0.3 is 5.73 Å². The third kappa shape index (κ3) is 1.88. The molecule has 6 rings (SSSR count). The van der Waals surface area contributed by atoms with E-state index in [0.29, 0.717) is 11.8 Å². The van der Waals surface area contributed by atoms with Crippen LogP contribution in [0, 0.1) is 37.5 Å². The molecule has 4 bridgehead atoms. The summed E-state index contributed by atoms with van der Waals surface area (Å²) >= 11 is 0. The Hall–Kier alpha value is -1.75. The fraction of sp³-hybridized carbons (Fsp3) is 0.632. The van der Waals surface area contributed by atoms with E-state index in [4.69, 9.17) is 5.73 Å². The minimum Gasteiger partial charge on any atom is -0.318 e. The number of nitrogens with two attached hydrogens (primary N) is 1. The smallest absolute Gasteiger partial charge is 0.177 e. The molecule has 0 amide bonds. The molecule has 1 heterocycles. The van der Waals surface area contributed by atoms with Crippen LogP contribution < -0.4 is 5.73 Å². The van der Waals surface area contributed by atoms with Gasteiger partial charge in [-0.3, -0.25) is 0 Å². The maximum Gasteiger partial charge on any atom is 0.177 e. The SMILES string of the molecule is Cc1ccc(-n2nnnc2C2(N)C3CC4CC(C3)CC2C4)c(C)c1. The number of benzene rings is 1. The van der Waals surface area contributed by atoms with Gasteiger partial charge in [-0.25, -0.2) is 0 Å². The van der Waals surface area contributed by atoms with Gasteiger partial charge in [0.15, 0.2) is 5.82 Å². The Morgan fingerprint density at radius 3 is 2.33 bits per heavy atom. The van der Waals surface area contributed by atoms with Crippen LogP contribution in [-0.2, 0) is 5.54 Å². The second-order valence-electron chi connectivity index (χ2n) is 8.44. The molecule has 24 heavy (non-hydrogen) atoms. The third-order valence-electron chi connectivity index (χ3n) is 6.93. The van der Waals surface area contributed by atoms with Crippen molar-refractivity contribution in [2.45, 2.75) is 51.5 Å². The number of nitrogens with zero attached hydrogens (tertiary/aromatic N) is 4. The lowest BCUT2D eigenvalue weighted by Crippen LogP contribution is -2.61. The molecule has 5 heteroatoms. The largest absolute Gasteiger partial charge is 0.318 e.